The Hall–Kier alpha value is -2.92. The number of ether oxygens (including phenoxy) is 1. The Kier molecular flexibility index (Phi) is 5.33. The highest BCUT2D eigenvalue weighted by atomic mass is 32.2. The van der Waals surface area contributed by atoms with E-state index in [9.17, 15) is 17.6 Å². The van der Waals surface area contributed by atoms with Crippen LogP contribution in [0.15, 0.2) is 47.4 Å². The summed E-state index contributed by atoms with van der Waals surface area (Å²) in [5, 5.41) is 8.78. The maximum absolute atomic E-state index is 13.5. The molecule has 0 radical (unpaired) electrons. The highest BCUT2D eigenvalue weighted by molar-refractivity contribution is 7.90. The van der Waals surface area contributed by atoms with E-state index in [1.54, 1.807) is 6.92 Å². The maximum Gasteiger partial charge on any atom is 0.277 e. The summed E-state index contributed by atoms with van der Waals surface area (Å²) in [6, 6.07) is 11.2. The molecule has 0 fully saturated rings. The first-order valence-corrected chi connectivity index (χ1v) is 9.05. The fourth-order valence-electron chi connectivity index (χ4n) is 2.10. The normalized spacial score (nSPS) is 11.5. The Balaban J connectivity index is 2.19. The molecule has 0 spiro atoms. The summed E-state index contributed by atoms with van der Waals surface area (Å²) in [5.41, 5.74) is -0.696. The average molecular weight is 376 g/mol. The molecule has 0 saturated heterocycles. The molecule has 0 aliphatic carbocycles. The molecule has 0 saturated carbocycles. The lowest BCUT2D eigenvalue weighted by molar-refractivity contribution is -0.132. The van der Waals surface area contributed by atoms with Crippen LogP contribution in [-0.2, 0) is 14.8 Å². The van der Waals surface area contributed by atoms with E-state index in [4.69, 9.17) is 10.00 Å². The van der Waals surface area contributed by atoms with Crippen molar-refractivity contribution in [2.45, 2.75) is 31.3 Å². The number of hydrogen-bond acceptors (Lipinski definition) is 5. The number of halogens is 1. The summed E-state index contributed by atoms with van der Waals surface area (Å²) in [4.78, 5) is 12.0. The number of carbonyl (C=O) groups is 1. The van der Waals surface area contributed by atoms with Gasteiger partial charge in [-0.15, -0.1) is 0 Å². The van der Waals surface area contributed by atoms with Gasteiger partial charge in [-0.3, -0.25) is 4.79 Å². The monoisotopic (exact) mass is 376 g/mol. The van der Waals surface area contributed by atoms with E-state index in [1.165, 1.54) is 50.2 Å². The van der Waals surface area contributed by atoms with Crippen LogP contribution in [0.2, 0.25) is 0 Å². The smallest absolute Gasteiger partial charge is 0.277 e. The topological polar surface area (TPSA) is 96.3 Å². The fraction of sp³-hybridized carbons (Fsp3) is 0.222. The molecule has 0 bridgehead atoms. The van der Waals surface area contributed by atoms with E-state index in [-0.39, 0.29) is 4.90 Å². The Labute approximate surface area is 151 Å². The van der Waals surface area contributed by atoms with Crippen molar-refractivity contribution in [3.05, 3.63) is 59.4 Å². The highest BCUT2D eigenvalue weighted by Gasteiger charge is 2.33. The molecule has 2 rings (SSSR count). The van der Waals surface area contributed by atoms with Crippen molar-refractivity contribution in [2.24, 2.45) is 0 Å². The van der Waals surface area contributed by atoms with Crippen molar-refractivity contribution in [3.8, 4) is 11.8 Å². The summed E-state index contributed by atoms with van der Waals surface area (Å²) in [7, 11) is -4.25. The molecule has 0 aliphatic heterocycles. The number of amides is 1. The summed E-state index contributed by atoms with van der Waals surface area (Å²) in [6.45, 7) is 4.33. The third kappa shape index (κ3) is 4.58. The highest BCUT2D eigenvalue weighted by Crippen LogP contribution is 2.20. The lowest BCUT2D eigenvalue weighted by Gasteiger charge is -2.25. The second-order valence-corrected chi connectivity index (χ2v) is 7.83. The molecular weight excluding hydrogens is 359 g/mol. The largest absolute Gasteiger partial charge is 0.478 e. The Bertz CT molecular complexity index is 957. The number of benzene rings is 2. The predicted molar refractivity (Wildman–Crippen MR) is 92.3 cm³/mol. The van der Waals surface area contributed by atoms with Gasteiger partial charge in [0.15, 0.2) is 5.60 Å². The van der Waals surface area contributed by atoms with Crippen molar-refractivity contribution in [1.29, 1.82) is 5.26 Å². The van der Waals surface area contributed by atoms with Gasteiger partial charge >= 0.3 is 0 Å². The number of carbonyl (C=O) groups excluding carboxylic acids is 1. The van der Waals surface area contributed by atoms with E-state index in [0.717, 1.165) is 6.07 Å². The molecule has 0 atom stereocenters. The summed E-state index contributed by atoms with van der Waals surface area (Å²) < 4.78 is 45.6. The molecule has 0 aliphatic rings. The van der Waals surface area contributed by atoms with Crippen molar-refractivity contribution >= 4 is 15.9 Å². The summed E-state index contributed by atoms with van der Waals surface area (Å²) >= 11 is 0. The summed E-state index contributed by atoms with van der Waals surface area (Å²) in [5.74, 6) is -1.34. The van der Waals surface area contributed by atoms with E-state index in [1.807, 2.05) is 10.8 Å². The van der Waals surface area contributed by atoms with Crippen LogP contribution in [0.3, 0.4) is 0 Å². The molecule has 0 unspecified atom stereocenters. The van der Waals surface area contributed by atoms with Gasteiger partial charge in [-0.2, -0.15) is 5.26 Å². The molecule has 136 valence electrons. The lowest BCUT2D eigenvalue weighted by atomic mass is 10.1. The minimum Gasteiger partial charge on any atom is -0.478 e. The van der Waals surface area contributed by atoms with Gasteiger partial charge in [0.25, 0.3) is 15.9 Å². The SMILES string of the molecule is Cc1cc(F)cc(S(=O)(=O)NC(=O)C(C)(C)Oc2ccc(C#N)cc2)c1. The molecular formula is C18H17FN2O4S. The molecule has 1 amide bonds. The van der Waals surface area contributed by atoms with E-state index in [2.05, 4.69) is 0 Å². The van der Waals surface area contributed by atoms with Crippen LogP contribution < -0.4 is 9.46 Å². The number of nitriles is 1. The van der Waals surface area contributed by atoms with Gasteiger partial charge < -0.3 is 4.74 Å². The molecule has 6 nitrogen and oxygen atoms in total. The number of hydrogen-bond donors (Lipinski definition) is 1. The number of sulfonamides is 1. The number of rotatable bonds is 5. The molecule has 26 heavy (non-hydrogen) atoms. The molecule has 2 aromatic carbocycles. The van der Waals surface area contributed by atoms with Gasteiger partial charge in [-0.1, -0.05) is 0 Å². The molecule has 0 heterocycles. The van der Waals surface area contributed by atoms with Gasteiger partial charge in [0, 0.05) is 0 Å². The van der Waals surface area contributed by atoms with Crippen LogP contribution in [0.1, 0.15) is 25.0 Å². The molecule has 0 aromatic heterocycles. The Morgan fingerprint density at radius 3 is 2.35 bits per heavy atom. The maximum atomic E-state index is 13.5. The fourth-order valence-corrected chi connectivity index (χ4v) is 3.32. The van der Waals surface area contributed by atoms with Crippen LogP contribution in [0, 0.1) is 24.1 Å². The van der Waals surface area contributed by atoms with E-state index in [0.29, 0.717) is 16.9 Å². The Morgan fingerprint density at radius 2 is 1.81 bits per heavy atom. The number of nitrogens with one attached hydrogen (secondary N) is 1. The molecule has 2 aromatic rings. The first-order chi connectivity index (χ1) is 12.0. The lowest BCUT2D eigenvalue weighted by Crippen LogP contribution is -2.48. The van der Waals surface area contributed by atoms with Gasteiger partial charge in [0.05, 0.1) is 16.5 Å². The first-order valence-electron chi connectivity index (χ1n) is 7.57. The Morgan fingerprint density at radius 1 is 1.19 bits per heavy atom. The minimum atomic E-state index is -4.25. The molecule has 1 N–H and O–H groups in total. The van der Waals surface area contributed by atoms with Gasteiger partial charge in [0.1, 0.15) is 11.6 Å². The minimum absolute atomic E-state index is 0.295. The predicted octanol–water partition coefficient (Wildman–Crippen LogP) is 2.67. The second-order valence-electron chi connectivity index (χ2n) is 6.15. The van der Waals surface area contributed by atoms with Crippen LogP contribution in [-0.4, -0.2) is 19.9 Å². The zero-order valence-electron chi connectivity index (χ0n) is 14.4. The van der Waals surface area contributed by atoms with Crippen LogP contribution in [0.4, 0.5) is 4.39 Å². The second kappa shape index (κ2) is 7.14. The van der Waals surface area contributed by atoms with E-state index < -0.39 is 27.3 Å². The molecule has 8 heteroatoms. The van der Waals surface area contributed by atoms with Crippen molar-refractivity contribution in [3.63, 3.8) is 0 Å². The average Bonchev–Trinajstić information content (AvgIpc) is 2.54. The van der Waals surface area contributed by atoms with Gasteiger partial charge in [-0.25, -0.2) is 17.5 Å². The zero-order chi connectivity index (χ0) is 19.5. The third-order valence-electron chi connectivity index (χ3n) is 3.46. The standard InChI is InChI=1S/C18H17FN2O4S/c1-12-8-14(19)10-16(9-12)26(23,24)21-17(22)18(2,3)25-15-6-4-13(11-20)5-7-15/h4-10H,1-3H3,(H,21,22). The first kappa shape index (κ1) is 19.4. The number of aryl methyl sites for hydroxylation is 1. The van der Waals surface area contributed by atoms with Crippen LogP contribution in [0.25, 0.3) is 0 Å². The van der Waals surface area contributed by atoms with Gasteiger partial charge in [-0.05, 0) is 68.8 Å². The van der Waals surface area contributed by atoms with Crippen LogP contribution in [0.5, 0.6) is 5.75 Å². The van der Waals surface area contributed by atoms with Gasteiger partial charge in [0.2, 0.25) is 0 Å². The summed E-state index contributed by atoms with van der Waals surface area (Å²) in [6.07, 6.45) is 0. The van der Waals surface area contributed by atoms with Crippen molar-refractivity contribution < 1.29 is 22.3 Å². The quantitative estimate of drug-likeness (QED) is 0.865. The van der Waals surface area contributed by atoms with Crippen LogP contribution >= 0.6 is 0 Å². The third-order valence-corrected chi connectivity index (χ3v) is 4.77. The van der Waals surface area contributed by atoms with Crippen molar-refractivity contribution in [2.75, 3.05) is 0 Å². The van der Waals surface area contributed by atoms with Crippen molar-refractivity contribution in [1.82, 2.24) is 4.72 Å². The number of nitrogens with zero attached hydrogens (tertiary/aromatic N) is 1. The zero-order valence-corrected chi connectivity index (χ0v) is 15.2. The van der Waals surface area contributed by atoms with E-state index >= 15 is 0 Å².